The Bertz CT molecular complexity index is 737. The van der Waals surface area contributed by atoms with Crippen LogP contribution in [0.25, 0.3) is 0 Å². The van der Waals surface area contributed by atoms with E-state index in [1.807, 2.05) is 12.1 Å². The summed E-state index contributed by atoms with van der Waals surface area (Å²) in [5.74, 6) is 0.0649. The average molecular weight is 319 g/mol. The van der Waals surface area contributed by atoms with Gasteiger partial charge in [-0.25, -0.2) is 8.42 Å². The summed E-state index contributed by atoms with van der Waals surface area (Å²) >= 11 is 0. The van der Waals surface area contributed by atoms with E-state index in [1.54, 1.807) is 31.2 Å². The second-order valence-electron chi connectivity index (χ2n) is 5.35. The molecule has 4 nitrogen and oxygen atoms in total. The van der Waals surface area contributed by atoms with Gasteiger partial charge in [0.1, 0.15) is 5.75 Å². The van der Waals surface area contributed by atoms with Crippen LogP contribution in [0.1, 0.15) is 30.9 Å². The van der Waals surface area contributed by atoms with Crippen molar-refractivity contribution in [2.45, 2.75) is 38.0 Å². The molecule has 2 N–H and O–H groups in total. The zero-order chi connectivity index (χ0) is 16.2. The molecule has 0 saturated heterocycles. The van der Waals surface area contributed by atoms with E-state index in [-0.39, 0.29) is 10.6 Å². The summed E-state index contributed by atoms with van der Waals surface area (Å²) < 4.78 is 27.1. The Labute approximate surface area is 131 Å². The summed E-state index contributed by atoms with van der Waals surface area (Å²) in [6, 6.07) is 11.6. The third kappa shape index (κ3) is 4.01. The molecule has 5 heteroatoms. The van der Waals surface area contributed by atoms with E-state index >= 15 is 0 Å². The Hall–Kier alpha value is -2.01. The van der Waals surface area contributed by atoms with Gasteiger partial charge in [0.25, 0.3) is 10.0 Å². The van der Waals surface area contributed by atoms with Gasteiger partial charge in [0.15, 0.2) is 0 Å². The molecule has 0 atom stereocenters. The molecule has 0 spiro atoms. The monoisotopic (exact) mass is 319 g/mol. The fourth-order valence-electron chi connectivity index (χ4n) is 2.10. The van der Waals surface area contributed by atoms with Crippen LogP contribution >= 0.6 is 0 Å². The maximum atomic E-state index is 12.3. The third-order valence-electron chi connectivity index (χ3n) is 3.51. The van der Waals surface area contributed by atoms with Gasteiger partial charge in [0.05, 0.1) is 10.6 Å². The fourth-order valence-corrected chi connectivity index (χ4v) is 3.15. The number of nitrogens with one attached hydrogen (secondary N) is 1. The van der Waals surface area contributed by atoms with Crippen LogP contribution in [0.15, 0.2) is 47.4 Å². The van der Waals surface area contributed by atoms with Crippen LogP contribution in [0, 0.1) is 6.92 Å². The smallest absolute Gasteiger partial charge is 0.261 e. The number of phenolic OH excluding ortho intramolecular Hbond substituents is 1. The summed E-state index contributed by atoms with van der Waals surface area (Å²) in [6.07, 6.45) is 3.15. The molecule has 0 aliphatic heterocycles. The van der Waals surface area contributed by atoms with Crippen LogP contribution in [-0.2, 0) is 16.4 Å². The second-order valence-corrected chi connectivity index (χ2v) is 7.04. The zero-order valence-electron chi connectivity index (χ0n) is 12.8. The first-order chi connectivity index (χ1) is 10.4. The summed E-state index contributed by atoms with van der Waals surface area (Å²) in [6.45, 7) is 3.88. The summed E-state index contributed by atoms with van der Waals surface area (Å²) in [4.78, 5) is 0.216. The molecule has 0 unspecified atom stereocenters. The molecule has 0 heterocycles. The maximum absolute atomic E-state index is 12.3. The average Bonchev–Trinajstić information content (AvgIpc) is 2.49. The van der Waals surface area contributed by atoms with E-state index in [2.05, 4.69) is 11.6 Å². The molecule has 22 heavy (non-hydrogen) atoms. The normalized spacial score (nSPS) is 11.4. The van der Waals surface area contributed by atoms with Crippen molar-refractivity contribution in [3.05, 3.63) is 53.6 Å². The first kappa shape index (κ1) is 16.4. The Morgan fingerprint density at radius 3 is 2.36 bits per heavy atom. The number of aromatic hydroxyl groups is 1. The van der Waals surface area contributed by atoms with E-state index in [9.17, 15) is 13.5 Å². The van der Waals surface area contributed by atoms with Crippen molar-refractivity contribution in [2.75, 3.05) is 4.72 Å². The highest BCUT2D eigenvalue weighted by Gasteiger charge is 2.14. The number of sulfonamides is 1. The van der Waals surface area contributed by atoms with E-state index < -0.39 is 10.0 Å². The van der Waals surface area contributed by atoms with Crippen molar-refractivity contribution in [1.82, 2.24) is 0 Å². The molecule has 0 aliphatic carbocycles. The van der Waals surface area contributed by atoms with Crippen LogP contribution in [-0.4, -0.2) is 13.5 Å². The zero-order valence-corrected chi connectivity index (χ0v) is 13.7. The third-order valence-corrected chi connectivity index (χ3v) is 4.91. The van der Waals surface area contributed by atoms with E-state index in [0.29, 0.717) is 11.3 Å². The summed E-state index contributed by atoms with van der Waals surface area (Å²) in [5, 5.41) is 9.65. The molecule has 2 aromatic carbocycles. The van der Waals surface area contributed by atoms with E-state index in [1.165, 1.54) is 6.07 Å². The lowest BCUT2D eigenvalue weighted by atomic mass is 10.1. The van der Waals surface area contributed by atoms with Gasteiger partial charge in [-0.15, -0.1) is 0 Å². The first-order valence-corrected chi connectivity index (χ1v) is 8.82. The summed E-state index contributed by atoms with van der Waals surface area (Å²) in [7, 11) is -3.64. The van der Waals surface area contributed by atoms with Crippen molar-refractivity contribution < 1.29 is 13.5 Å². The number of hydrogen-bond acceptors (Lipinski definition) is 3. The lowest BCUT2D eigenvalue weighted by Crippen LogP contribution is -2.12. The van der Waals surface area contributed by atoms with Crippen molar-refractivity contribution in [3.63, 3.8) is 0 Å². The molecule has 0 aliphatic rings. The molecule has 2 rings (SSSR count). The number of benzene rings is 2. The number of rotatable bonds is 6. The van der Waals surface area contributed by atoms with Crippen molar-refractivity contribution in [1.29, 1.82) is 0 Å². The van der Waals surface area contributed by atoms with E-state index in [4.69, 9.17) is 0 Å². The number of hydrogen-bond donors (Lipinski definition) is 2. The highest BCUT2D eigenvalue weighted by Crippen LogP contribution is 2.23. The largest absolute Gasteiger partial charge is 0.508 e. The molecule has 0 aromatic heterocycles. The lowest BCUT2D eigenvalue weighted by molar-refractivity contribution is 0.471. The Balaban J connectivity index is 2.17. The molecular formula is C17H21NO3S. The molecule has 0 saturated carbocycles. The predicted molar refractivity (Wildman–Crippen MR) is 88.7 cm³/mol. The molecule has 0 fully saturated rings. The molecule has 2 aromatic rings. The predicted octanol–water partition coefficient (Wildman–Crippen LogP) is 3.84. The topological polar surface area (TPSA) is 66.4 Å². The van der Waals surface area contributed by atoms with Gasteiger partial charge in [0.2, 0.25) is 0 Å². The molecular weight excluding hydrogens is 298 g/mol. The second kappa shape index (κ2) is 6.83. The van der Waals surface area contributed by atoms with E-state index in [0.717, 1.165) is 24.8 Å². The van der Waals surface area contributed by atoms with Crippen molar-refractivity contribution >= 4 is 15.7 Å². The van der Waals surface area contributed by atoms with Crippen LogP contribution in [0.3, 0.4) is 0 Å². The minimum Gasteiger partial charge on any atom is -0.508 e. The van der Waals surface area contributed by atoms with Gasteiger partial charge >= 0.3 is 0 Å². The molecule has 0 amide bonds. The summed E-state index contributed by atoms with van der Waals surface area (Å²) in [5.41, 5.74) is 2.18. The van der Waals surface area contributed by atoms with Crippen molar-refractivity contribution in [3.8, 4) is 5.75 Å². The molecule has 118 valence electrons. The van der Waals surface area contributed by atoms with Crippen molar-refractivity contribution in [2.24, 2.45) is 0 Å². The van der Waals surface area contributed by atoms with Crippen LogP contribution in [0.4, 0.5) is 5.69 Å². The molecule has 0 radical (unpaired) electrons. The maximum Gasteiger partial charge on any atom is 0.261 e. The minimum absolute atomic E-state index is 0.0649. The van der Waals surface area contributed by atoms with Crippen LogP contribution in [0.5, 0.6) is 5.75 Å². The van der Waals surface area contributed by atoms with Gasteiger partial charge in [-0.1, -0.05) is 31.5 Å². The number of aryl methyl sites for hydroxylation is 2. The Morgan fingerprint density at radius 2 is 1.77 bits per heavy atom. The standard InChI is InChI=1S/C17H21NO3S/c1-3-4-5-14-7-10-16(11-8-14)22(20,21)18-15-9-6-13(2)17(19)12-15/h6-12,18-19H,3-5H2,1-2H3. The van der Waals surface area contributed by atoms with Gasteiger partial charge in [0, 0.05) is 6.07 Å². The number of unbranched alkanes of at least 4 members (excludes halogenated alkanes) is 1. The first-order valence-electron chi connectivity index (χ1n) is 7.34. The van der Waals surface area contributed by atoms with Gasteiger partial charge in [-0.05, 0) is 49.1 Å². The molecule has 0 bridgehead atoms. The number of anilines is 1. The van der Waals surface area contributed by atoms with Crippen LogP contribution in [0.2, 0.25) is 0 Å². The highest BCUT2D eigenvalue weighted by atomic mass is 32.2. The quantitative estimate of drug-likeness (QED) is 0.850. The van der Waals surface area contributed by atoms with Gasteiger partial charge in [-0.2, -0.15) is 0 Å². The minimum atomic E-state index is -3.64. The Morgan fingerprint density at radius 1 is 1.09 bits per heavy atom. The van der Waals surface area contributed by atoms with Gasteiger partial charge in [-0.3, -0.25) is 4.72 Å². The fraction of sp³-hybridized carbons (Fsp3) is 0.294. The SMILES string of the molecule is CCCCc1ccc(S(=O)(=O)Nc2ccc(C)c(O)c2)cc1. The van der Waals surface area contributed by atoms with Gasteiger partial charge < -0.3 is 5.11 Å². The van der Waals surface area contributed by atoms with Crippen LogP contribution < -0.4 is 4.72 Å². The highest BCUT2D eigenvalue weighted by molar-refractivity contribution is 7.92. The Kier molecular flexibility index (Phi) is 5.08. The lowest BCUT2D eigenvalue weighted by Gasteiger charge is -2.10. The number of phenols is 1.